The molecule has 2 aromatic rings. The first-order valence-corrected chi connectivity index (χ1v) is 5.98. The highest BCUT2D eigenvalue weighted by Crippen LogP contribution is 2.25. The minimum atomic E-state index is -0.519. The summed E-state index contributed by atoms with van der Waals surface area (Å²) in [6.45, 7) is 0. The molecule has 2 nitrogen and oxygen atoms in total. The molecule has 1 unspecified atom stereocenters. The average Bonchev–Trinajstić information content (AvgIpc) is 2.41. The molecule has 1 atom stereocenters. The van der Waals surface area contributed by atoms with Crippen molar-refractivity contribution in [3.63, 3.8) is 0 Å². The molecular weight excluding hydrogens is 251 g/mol. The molecule has 0 fully saturated rings. The molecule has 0 heterocycles. The van der Waals surface area contributed by atoms with Crippen LogP contribution >= 0.6 is 11.6 Å². The molecule has 0 aliphatic carbocycles. The minimum Gasteiger partial charge on any atom is -0.388 e. The third kappa shape index (κ3) is 2.63. The molecule has 3 N–H and O–H groups in total. The molecule has 94 valence electrons. The summed E-state index contributed by atoms with van der Waals surface area (Å²) < 4.78 is 13.7. The predicted molar refractivity (Wildman–Crippen MR) is 73.4 cm³/mol. The van der Waals surface area contributed by atoms with Crippen molar-refractivity contribution in [2.24, 2.45) is 5.73 Å². The first-order valence-electron chi connectivity index (χ1n) is 5.60. The second kappa shape index (κ2) is 5.38. The lowest BCUT2D eigenvalue weighted by atomic mass is 9.99. The maximum absolute atomic E-state index is 13.7. The number of hydrogen-bond acceptors (Lipinski definition) is 2. The molecule has 18 heavy (non-hydrogen) atoms. The molecule has 2 rings (SSSR count). The highest BCUT2D eigenvalue weighted by molar-refractivity contribution is 6.30. The number of benzene rings is 2. The molecule has 0 amide bonds. The number of anilines is 1. The number of hydrogen-bond donors (Lipinski definition) is 2. The van der Waals surface area contributed by atoms with Gasteiger partial charge in [-0.2, -0.15) is 0 Å². The van der Waals surface area contributed by atoms with E-state index in [1.807, 2.05) is 31.3 Å². The van der Waals surface area contributed by atoms with Gasteiger partial charge in [0.1, 0.15) is 5.82 Å². The third-order valence-electron chi connectivity index (χ3n) is 2.85. The number of halogens is 2. The summed E-state index contributed by atoms with van der Waals surface area (Å²) in [5.41, 5.74) is 8.29. The summed E-state index contributed by atoms with van der Waals surface area (Å²) in [4.78, 5) is 0. The van der Waals surface area contributed by atoms with Gasteiger partial charge in [0.25, 0.3) is 0 Å². The smallest absolute Gasteiger partial charge is 0.128 e. The number of nitrogens with two attached hydrogens (primary N) is 1. The van der Waals surface area contributed by atoms with Crippen LogP contribution in [0.4, 0.5) is 10.1 Å². The first-order chi connectivity index (χ1) is 8.61. The van der Waals surface area contributed by atoms with Crippen LogP contribution in [0.1, 0.15) is 17.2 Å². The Morgan fingerprint density at radius 1 is 1.17 bits per heavy atom. The predicted octanol–water partition coefficient (Wildman–Crippen LogP) is 3.57. The van der Waals surface area contributed by atoms with E-state index < -0.39 is 6.04 Å². The van der Waals surface area contributed by atoms with E-state index in [1.54, 1.807) is 6.07 Å². The highest BCUT2D eigenvalue weighted by atomic mass is 35.5. The summed E-state index contributed by atoms with van der Waals surface area (Å²) in [6.07, 6.45) is 0. The summed E-state index contributed by atoms with van der Waals surface area (Å²) in [7, 11) is 1.84. The Labute approximate surface area is 111 Å². The van der Waals surface area contributed by atoms with Gasteiger partial charge in [0.05, 0.1) is 6.04 Å². The van der Waals surface area contributed by atoms with E-state index in [1.165, 1.54) is 12.1 Å². The molecule has 0 aliphatic rings. The second-order valence-electron chi connectivity index (χ2n) is 4.02. The SMILES string of the molecule is CNc1ccc(C(N)c2cc(Cl)ccc2F)cc1. The van der Waals surface area contributed by atoms with Gasteiger partial charge in [-0.3, -0.25) is 0 Å². The van der Waals surface area contributed by atoms with Crippen molar-refractivity contribution < 1.29 is 4.39 Å². The van der Waals surface area contributed by atoms with E-state index in [4.69, 9.17) is 17.3 Å². The van der Waals surface area contributed by atoms with Crippen LogP contribution in [0.3, 0.4) is 0 Å². The monoisotopic (exact) mass is 264 g/mol. The molecular formula is C14H14ClFN2. The van der Waals surface area contributed by atoms with E-state index in [2.05, 4.69) is 5.32 Å². The molecule has 4 heteroatoms. The Kier molecular flexibility index (Phi) is 3.84. The minimum absolute atomic E-state index is 0.343. The van der Waals surface area contributed by atoms with Crippen LogP contribution < -0.4 is 11.1 Å². The third-order valence-corrected chi connectivity index (χ3v) is 3.09. The molecule has 0 radical (unpaired) electrons. The lowest BCUT2D eigenvalue weighted by Gasteiger charge is -2.14. The zero-order valence-corrected chi connectivity index (χ0v) is 10.7. The lowest BCUT2D eigenvalue weighted by Crippen LogP contribution is -2.13. The standard InChI is InChI=1S/C14H14ClFN2/c1-18-11-5-2-9(3-6-11)14(17)12-8-10(15)4-7-13(12)16/h2-8,14,18H,17H2,1H3. The van der Waals surface area contributed by atoms with Crippen LogP contribution in [0, 0.1) is 5.82 Å². The zero-order chi connectivity index (χ0) is 13.1. The van der Waals surface area contributed by atoms with Gasteiger partial charge in [0, 0.05) is 23.3 Å². The van der Waals surface area contributed by atoms with Gasteiger partial charge >= 0.3 is 0 Å². The van der Waals surface area contributed by atoms with Crippen LogP contribution in [-0.2, 0) is 0 Å². The van der Waals surface area contributed by atoms with Gasteiger partial charge in [-0.05, 0) is 35.9 Å². The van der Waals surface area contributed by atoms with Crippen molar-refractivity contribution in [3.05, 3.63) is 64.4 Å². The first kappa shape index (κ1) is 12.9. The van der Waals surface area contributed by atoms with Crippen molar-refractivity contribution in [3.8, 4) is 0 Å². The quantitative estimate of drug-likeness (QED) is 0.889. The van der Waals surface area contributed by atoms with Crippen LogP contribution in [0.15, 0.2) is 42.5 Å². The fourth-order valence-corrected chi connectivity index (χ4v) is 1.97. The topological polar surface area (TPSA) is 38.0 Å². The van der Waals surface area contributed by atoms with E-state index >= 15 is 0 Å². The van der Waals surface area contributed by atoms with Crippen LogP contribution in [0.5, 0.6) is 0 Å². The Morgan fingerprint density at radius 2 is 1.83 bits per heavy atom. The Hall–Kier alpha value is -1.58. The zero-order valence-electron chi connectivity index (χ0n) is 9.95. The Balaban J connectivity index is 2.34. The summed E-state index contributed by atoms with van der Waals surface area (Å²) in [5, 5.41) is 3.50. The molecule has 0 aliphatic heterocycles. The summed E-state index contributed by atoms with van der Waals surface area (Å²) in [5.74, 6) is -0.343. The normalized spacial score (nSPS) is 12.2. The van der Waals surface area contributed by atoms with Crippen molar-refractivity contribution in [2.45, 2.75) is 6.04 Å². The van der Waals surface area contributed by atoms with Crippen LogP contribution in [0.2, 0.25) is 5.02 Å². The van der Waals surface area contributed by atoms with E-state index in [9.17, 15) is 4.39 Å². The molecule has 2 aromatic carbocycles. The summed E-state index contributed by atoms with van der Waals surface area (Å²) in [6, 6.07) is 11.4. The van der Waals surface area contributed by atoms with E-state index in [0.29, 0.717) is 10.6 Å². The molecule has 0 aromatic heterocycles. The van der Waals surface area contributed by atoms with Gasteiger partial charge in [0.2, 0.25) is 0 Å². The highest BCUT2D eigenvalue weighted by Gasteiger charge is 2.13. The summed E-state index contributed by atoms with van der Waals surface area (Å²) >= 11 is 5.86. The van der Waals surface area contributed by atoms with Gasteiger partial charge < -0.3 is 11.1 Å². The van der Waals surface area contributed by atoms with Crippen molar-refractivity contribution in [2.75, 3.05) is 12.4 Å². The molecule has 0 saturated heterocycles. The van der Waals surface area contributed by atoms with Gasteiger partial charge in [-0.15, -0.1) is 0 Å². The van der Waals surface area contributed by atoms with E-state index in [0.717, 1.165) is 11.3 Å². The Bertz CT molecular complexity index is 540. The van der Waals surface area contributed by atoms with Crippen LogP contribution in [0.25, 0.3) is 0 Å². The maximum Gasteiger partial charge on any atom is 0.128 e. The van der Waals surface area contributed by atoms with Gasteiger partial charge in [-0.25, -0.2) is 4.39 Å². The van der Waals surface area contributed by atoms with Crippen molar-refractivity contribution in [1.29, 1.82) is 0 Å². The largest absolute Gasteiger partial charge is 0.388 e. The fraction of sp³-hybridized carbons (Fsp3) is 0.143. The van der Waals surface area contributed by atoms with Crippen molar-refractivity contribution in [1.82, 2.24) is 0 Å². The van der Waals surface area contributed by atoms with Crippen molar-refractivity contribution >= 4 is 17.3 Å². The van der Waals surface area contributed by atoms with Gasteiger partial charge in [-0.1, -0.05) is 23.7 Å². The van der Waals surface area contributed by atoms with Gasteiger partial charge in [0.15, 0.2) is 0 Å². The molecule has 0 saturated carbocycles. The lowest BCUT2D eigenvalue weighted by molar-refractivity contribution is 0.600. The number of nitrogens with one attached hydrogen (secondary N) is 1. The number of rotatable bonds is 3. The molecule has 0 spiro atoms. The fourth-order valence-electron chi connectivity index (χ4n) is 1.79. The molecule has 0 bridgehead atoms. The Morgan fingerprint density at radius 3 is 2.44 bits per heavy atom. The average molecular weight is 265 g/mol. The second-order valence-corrected chi connectivity index (χ2v) is 4.45. The van der Waals surface area contributed by atoms with E-state index in [-0.39, 0.29) is 5.82 Å². The maximum atomic E-state index is 13.7. The van der Waals surface area contributed by atoms with Crippen LogP contribution in [-0.4, -0.2) is 7.05 Å².